The maximum Gasteiger partial charge on any atom is 0.188 e. The lowest BCUT2D eigenvalue weighted by atomic mass is 9.76. The first kappa shape index (κ1) is 18.0. The Bertz CT molecular complexity index is 1240. The molecule has 4 nitrogen and oxygen atoms in total. The fourth-order valence-corrected chi connectivity index (χ4v) is 5.09. The first-order valence-corrected chi connectivity index (χ1v) is 10.8. The van der Waals surface area contributed by atoms with Crippen molar-refractivity contribution in [3.63, 3.8) is 0 Å². The molecule has 150 valence electrons. The van der Waals surface area contributed by atoms with Gasteiger partial charge in [-0.05, 0) is 53.7 Å². The number of halogens is 1. The smallest absolute Gasteiger partial charge is 0.188 e. The first-order chi connectivity index (χ1) is 14.8. The van der Waals surface area contributed by atoms with Crippen LogP contribution in [0.15, 0.2) is 88.3 Å². The minimum atomic E-state index is -0.360. The zero-order valence-electron chi connectivity index (χ0n) is 16.3. The second-order valence-electron chi connectivity index (χ2n) is 8.15. The van der Waals surface area contributed by atoms with Gasteiger partial charge in [0.1, 0.15) is 11.2 Å². The molecule has 3 aromatic rings. The molecule has 0 fully saturated rings. The summed E-state index contributed by atoms with van der Waals surface area (Å²) in [5.74, 6) is 1.27. The van der Waals surface area contributed by atoms with Crippen LogP contribution in [0.1, 0.15) is 18.2 Å². The molecule has 0 spiro atoms. The number of rotatable bonds is 2. The minimum Gasteiger partial charge on any atom is -0.616 e. The Balaban J connectivity index is 1.36. The standard InChI is InChI=1S/C25H21ClN3O/c26-25-28-23(17-13-12-15-6-1-2-7-16(15)14-17)27-24(29-25)19-9-5-11-21-22(19)18-8-3-4-10-20(18)30-21/h1-13,15-17,23-24H,14H2,(H,28,29)/q-1. The van der Waals surface area contributed by atoms with Crippen molar-refractivity contribution in [3.8, 4) is 0 Å². The van der Waals surface area contributed by atoms with Crippen molar-refractivity contribution >= 4 is 38.8 Å². The summed E-state index contributed by atoms with van der Waals surface area (Å²) >= 11 is 6.46. The molecule has 0 saturated heterocycles. The third-order valence-electron chi connectivity index (χ3n) is 6.34. The fraction of sp³-hybridized carbons (Fsp3) is 0.240. The number of hydrogen-bond donors (Lipinski definition) is 1. The molecule has 0 bridgehead atoms. The molecule has 2 aliphatic carbocycles. The summed E-state index contributed by atoms with van der Waals surface area (Å²) in [6, 6.07) is 14.2. The van der Waals surface area contributed by atoms with Crippen LogP contribution in [0.4, 0.5) is 0 Å². The number of hydrogen-bond acceptors (Lipinski definition) is 3. The molecule has 5 unspecified atom stereocenters. The second kappa shape index (κ2) is 7.15. The Morgan fingerprint density at radius 2 is 1.80 bits per heavy atom. The molecule has 1 aliphatic heterocycles. The summed E-state index contributed by atoms with van der Waals surface area (Å²) in [4.78, 5) is 4.63. The highest BCUT2D eigenvalue weighted by Crippen LogP contribution is 2.42. The molecule has 5 atom stereocenters. The van der Waals surface area contributed by atoms with E-state index in [1.807, 2.05) is 30.3 Å². The number of fused-ring (bicyclic) bond motifs is 4. The number of nitrogens with zero attached hydrogens (tertiary/aromatic N) is 2. The molecule has 6 rings (SSSR count). The van der Waals surface area contributed by atoms with Gasteiger partial charge >= 0.3 is 0 Å². The van der Waals surface area contributed by atoms with Crippen LogP contribution in [0.3, 0.4) is 0 Å². The Labute approximate surface area is 180 Å². The quantitative estimate of drug-likeness (QED) is 0.388. The minimum absolute atomic E-state index is 0.107. The van der Waals surface area contributed by atoms with Crippen molar-refractivity contribution in [1.29, 1.82) is 0 Å². The van der Waals surface area contributed by atoms with Gasteiger partial charge in [0.05, 0.1) is 0 Å². The SMILES string of the molecule is ClC1=NC(c2cccc3oc4ccccc4c23)[N-]C(C2C=CC3C=CC=CC3C2)N1. The molecule has 2 heterocycles. The molecule has 1 N–H and O–H groups in total. The zero-order valence-corrected chi connectivity index (χ0v) is 17.0. The molecule has 0 radical (unpaired) electrons. The van der Waals surface area contributed by atoms with Crippen molar-refractivity contribution in [2.75, 3.05) is 0 Å². The third kappa shape index (κ3) is 2.99. The van der Waals surface area contributed by atoms with Crippen LogP contribution >= 0.6 is 11.6 Å². The van der Waals surface area contributed by atoms with Crippen molar-refractivity contribution < 1.29 is 4.42 Å². The molecule has 0 saturated carbocycles. The van der Waals surface area contributed by atoms with Gasteiger partial charge in [-0.3, -0.25) is 4.99 Å². The lowest BCUT2D eigenvalue weighted by molar-refractivity contribution is 0.357. The van der Waals surface area contributed by atoms with E-state index in [-0.39, 0.29) is 18.2 Å². The van der Waals surface area contributed by atoms with Crippen LogP contribution in [0.5, 0.6) is 0 Å². The highest BCUT2D eigenvalue weighted by Gasteiger charge is 2.28. The first-order valence-electron chi connectivity index (χ1n) is 10.4. The molecule has 3 aliphatic rings. The average molecular weight is 415 g/mol. The summed E-state index contributed by atoms with van der Waals surface area (Å²) in [5, 5.41) is 10.9. The van der Waals surface area contributed by atoms with E-state index in [1.165, 1.54) is 0 Å². The highest BCUT2D eigenvalue weighted by atomic mass is 35.5. The maximum absolute atomic E-state index is 6.46. The monoisotopic (exact) mass is 414 g/mol. The number of benzene rings is 2. The zero-order chi connectivity index (χ0) is 20.1. The molecule has 0 amide bonds. The number of para-hydroxylation sites is 1. The number of furan rings is 1. The topological polar surface area (TPSA) is 51.6 Å². The van der Waals surface area contributed by atoms with E-state index in [4.69, 9.17) is 21.3 Å². The molecule has 1 aromatic heterocycles. The van der Waals surface area contributed by atoms with Crippen molar-refractivity contribution in [1.82, 2.24) is 5.32 Å². The van der Waals surface area contributed by atoms with Crippen LogP contribution in [-0.4, -0.2) is 11.5 Å². The van der Waals surface area contributed by atoms with E-state index in [9.17, 15) is 0 Å². The van der Waals surface area contributed by atoms with E-state index in [0.29, 0.717) is 17.1 Å². The lowest BCUT2D eigenvalue weighted by Crippen LogP contribution is -2.42. The van der Waals surface area contributed by atoms with Crippen molar-refractivity contribution in [3.05, 3.63) is 89.8 Å². The lowest BCUT2D eigenvalue weighted by Gasteiger charge is -2.47. The highest BCUT2D eigenvalue weighted by molar-refractivity contribution is 6.64. The van der Waals surface area contributed by atoms with Gasteiger partial charge in [0.2, 0.25) is 0 Å². The maximum atomic E-state index is 6.46. The summed E-state index contributed by atoms with van der Waals surface area (Å²) in [5.41, 5.74) is 2.75. The normalized spacial score (nSPS) is 30.3. The fourth-order valence-electron chi connectivity index (χ4n) is 4.88. The molecule has 2 aromatic carbocycles. The molecule has 5 heteroatoms. The molecule has 30 heavy (non-hydrogen) atoms. The van der Waals surface area contributed by atoms with Crippen LogP contribution in [0.25, 0.3) is 27.3 Å². The number of amidine groups is 1. The van der Waals surface area contributed by atoms with E-state index in [0.717, 1.165) is 33.9 Å². The molecular weight excluding hydrogens is 394 g/mol. The summed E-state index contributed by atoms with van der Waals surface area (Å²) in [6.45, 7) is 0. The van der Waals surface area contributed by atoms with Crippen LogP contribution in [0, 0.1) is 17.8 Å². The van der Waals surface area contributed by atoms with Gasteiger partial charge in [-0.15, -0.1) is 0 Å². The average Bonchev–Trinajstić information content (AvgIpc) is 3.17. The van der Waals surface area contributed by atoms with E-state index < -0.39 is 0 Å². The number of nitrogens with one attached hydrogen (secondary N) is 1. The summed E-state index contributed by atoms with van der Waals surface area (Å²) in [6.07, 6.45) is 14.0. The van der Waals surface area contributed by atoms with Gasteiger partial charge < -0.3 is 15.1 Å². The summed E-state index contributed by atoms with van der Waals surface area (Å²) in [7, 11) is 0. The summed E-state index contributed by atoms with van der Waals surface area (Å²) < 4.78 is 6.05. The van der Waals surface area contributed by atoms with Crippen molar-refractivity contribution in [2.45, 2.75) is 18.8 Å². The Hall–Kier alpha value is -2.82. The van der Waals surface area contributed by atoms with Gasteiger partial charge in [0.15, 0.2) is 5.29 Å². The Morgan fingerprint density at radius 3 is 2.77 bits per heavy atom. The van der Waals surface area contributed by atoms with Gasteiger partial charge in [0, 0.05) is 16.7 Å². The Morgan fingerprint density at radius 1 is 0.933 bits per heavy atom. The third-order valence-corrected chi connectivity index (χ3v) is 6.55. The van der Waals surface area contributed by atoms with Gasteiger partial charge in [-0.1, -0.05) is 73.0 Å². The largest absolute Gasteiger partial charge is 0.616 e. The number of allylic oxidation sites excluding steroid dienone is 5. The molecular formula is C25H21ClN3O-. The Kier molecular flexibility index (Phi) is 4.29. The predicted molar refractivity (Wildman–Crippen MR) is 123 cm³/mol. The second-order valence-corrected chi connectivity index (χ2v) is 8.50. The van der Waals surface area contributed by atoms with E-state index >= 15 is 0 Å². The van der Waals surface area contributed by atoms with Crippen LogP contribution < -0.4 is 5.32 Å². The number of aliphatic imine (C=N–C) groups is 1. The van der Waals surface area contributed by atoms with Gasteiger partial charge in [-0.25, -0.2) is 0 Å². The van der Waals surface area contributed by atoms with Gasteiger partial charge in [-0.2, -0.15) is 0 Å². The van der Waals surface area contributed by atoms with E-state index in [1.54, 1.807) is 0 Å². The van der Waals surface area contributed by atoms with Crippen LogP contribution in [-0.2, 0) is 0 Å². The van der Waals surface area contributed by atoms with Gasteiger partial charge in [0.25, 0.3) is 0 Å². The predicted octanol–water partition coefficient (Wildman–Crippen LogP) is 6.42. The van der Waals surface area contributed by atoms with Crippen LogP contribution in [0.2, 0.25) is 0 Å². The van der Waals surface area contributed by atoms with Crippen molar-refractivity contribution in [2.24, 2.45) is 22.7 Å². The van der Waals surface area contributed by atoms with E-state index in [2.05, 4.69) is 58.9 Å².